The maximum absolute atomic E-state index is 4.06. The largest absolute Gasteiger partial charge is 0.213 e. The lowest BCUT2D eigenvalue weighted by atomic mass is 9.86. The van der Waals surface area contributed by atoms with Crippen molar-refractivity contribution >= 4 is 6.08 Å². The van der Waals surface area contributed by atoms with Crippen molar-refractivity contribution in [3.63, 3.8) is 0 Å². The third-order valence-corrected chi connectivity index (χ3v) is 5.02. The summed E-state index contributed by atoms with van der Waals surface area (Å²) in [6.45, 7) is 14.1. The summed E-state index contributed by atoms with van der Waals surface area (Å²) in [5.41, 5.74) is 7.62. The van der Waals surface area contributed by atoms with Crippen molar-refractivity contribution in [2.45, 2.75) is 46.1 Å². The van der Waals surface area contributed by atoms with Crippen molar-refractivity contribution in [1.82, 2.24) is 0 Å². The highest BCUT2D eigenvalue weighted by molar-refractivity contribution is 5.78. The number of aromatic nitrogens is 1. The highest BCUT2D eigenvalue weighted by atomic mass is 15.0. The van der Waals surface area contributed by atoms with Crippen LogP contribution in [0.2, 0.25) is 0 Å². The van der Waals surface area contributed by atoms with Crippen LogP contribution in [-0.4, -0.2) is 0 Å². The Kier molecular flexibility index (Phi) is 5.60. The SMILES string of the molecule is C=Cc1ccc(-c2ccccc2)cc1-c1cc(C(C)(C)C)cc[n+]1CCC. The topological polar surface area (TPSA) is 3.88 Å². The van der Waals surface area contributed by atoms with Gasteiger partial charge in [0.15, 0.2) is 6.20 Å². The lowest BCUT2D eigenvalue weighted by Gasteiger charge is -2.19. The van der Waals surface area contributed by atoms with Gasteiger partial charge < -0.3 is 0 Å². The van der Waals surface area contributed by atoms with E-state index in [4.69, 9.17) is 0 Å². The van der Waals surface area contributed by atoms with Crippen LogP contribution in [0.1, 0.15) is 45.2 Å². The van der Waals surface area contributed by atoms with Crippen molar-refractivity contribution in [3.05, 3.63) is 84.6 Å². The molecule has 0 unspecified atom stereocenters. The summed E-state index contributed by atoms with van der Waals surface area (Å²) in [6.07, 6.45) is 5.31. The predicted molar refractivity (Wildman–Crippen MR) is 117 cm³/mol. The van der Waals surface area contributed by atoms with E-state index in [1.54, 1.807) is 0 Å². The maximum atomic E-state index is 4.06. The smallest absolute Gasteiger partial charge is 0.198 e. The van der Waals surface area contributed by atoms with Gasteiger partial charge >= 0.3 is 0 Å². The molecule has 0 atom stereocenters. The van der Waals surface area contributed by atoms with Crippen LogP contribution in [0.25, 0.3) is 28.5 Å². The first-order chi connectivity index (χ1) is 12.9. The van der Waals surface area contributed by atoms with Gasteiger partial charge in [0.25, 0.3) is 0 Å². The molecule has 27 heavy (non-hydrogen) atoms. The molecule has 0 bridgehead atoms. The van der Waals surface area contributed by atoms with E-state index < -0.39 is 0 Å². The van der Waals surface area contributed by atoms with E-state index in [2.05, 4.69) is 106 Å². The third kappa shape index (κ3) is 4.19. The molecule has 1 aromatic heterocycles. The van der Waals surface area contributed by atoms with Crippen LogP contribution < -0.4 is 4.57 Å². The van der Waals surface area contributed by atoms with Gasteiger partial charge in [-0.25, -0.2) is 0 Å². The van der Waals surface area contributed by atoms with Gasteiger partial charge in [0.2, 0.25) is 5.69 Å². The van der Waals surface area contributed by atoms with Gasteiger partial charge in [-0.3, -0.25) is 0 Å². The van der Waals surface area contributed by atoms with Gasteiger partial charge in [-0.15, -0.1) is 0 Å². The molecule has 3 aromatic rings. The summed E-state index contributed by atoms with van der Waals surface area (Å²) in [5.74, 6) is 0. The monoisotopic (exact) mass is 356 g/mol. The average molecular weight is 357 g/mol. The fourth-order valence-electron chi connectivity index (χ4n) is 3.43. The Labute approximate surface area is 164 Å². The summed E-state index contributed by atoms with van der Waals surface area (Å²) in [4.78, 5) is 0. The Bertz CT molecular complexity index is 930. The summed E-state index contributed by atoms with van der Waals surface area (Å²) in [7, 11) is 0. The van der Waals surface area contributed by atoms with Crippen LogP contribution in [0.15, 0.2) is 73.4 Å². The number of benzene rings is 2. The first-order valence-corrected chi connectivity index (χ1v) is 9.80. The van der Waals surface area contributed by atoms with E-state index in [-0.39, 0.29) is 5.41 Å². The molecule has 1 nitrogen and oxygen atoms in total. The second-order valence-electron chi connectivity index (χ2n) is 8.12. The van der Waals surface area contributed by atoms with Gasteiger partial charge in [0.1, 0.15) is 6.54 Å². The zero-order chi connectivity index (χ0) is 19.4. The average Bonchev–Trinajstić information content (AvgIpc) is 2.68. The number of pyridine rings is 1. The lowest BCUT2D eigenvalue weighted by Crippen LogP contribution is -2.36. The molecule has 138 valence electrons. The quantitative estimate of drug-likeness (QED) is 0.450. The molecule has 0 aliphatic rings. The normalized spacial score (nSPS) is 11.4. The van der Waals surface area contributed by atoms with Crippen molar-refractivity contribution in [1.29, 1.82) is 0 Å². The lowest BCUT2D eigenvalue weighted by molar-refractivity contribution is -0.686. The van der Waals surface area contributed by atoms with Crippen molar-refractivity contribution in [2.75, 3.05) is 0 Å². The van der Waals surface area contributed by atoms with E-state index >= 15 is 0 Å². The molecule has 0 spiro atoms. The standard InChI is InChI=1S/C26H30N/c1-6-16-27-17-15-23(26(3,4)5)19-25(27)24-18-22(14-13-20(24)7-2)21-11-9-8-10-12-21/h7-15,17-19H,2,6,16H2,1,3-5H3/q+1. The minimum atomic E-state index is 0.117. The number of hydrogen-bond acceptors (Lipinski definition) is 0. The van der Waals surface area contributed by atoms with Gasteiger partial charge in [0.05, 0.1) is 5.56 Å². The van der Waals surface area contributed by atoms with Crippen molar-refractivity contribution in [2.24, 2.45) is 0 Å². The van der Waals surface area contributed by atoms with E-state index in [0.29, 0.717) is 0 Å². The van der Waals surface area contributed by atoms with Crippen LogP contribution in [-0.2, 0) is 12.0 Å². The molecule has 0 aliphatic heterocycles. The Morgan fingerprint density at radius 3 is 2.30 bits per heavy atom. The summed E-state index contributed by atoms with van der Waals surface area (Å²) >= 11 is 0. The van der Waals surface area contributed by atoms with Crippen molar-refractivity contribution < 1.29 is 4.57 Å². The van der Waals surface area contributed by atoms with Crippen LogP contribution in [0, 0.1) is 0 Å². The van der Waals surface area contributed by atoms with E-state index in [0.717, 1.165) is 13.0 Å². The molecule has 0 amide bonds. The molecule has 1 heterocycles. The Balaban J connectivity index is 2.23. The highest BCUT2D eigenvalue weighted by Gasteiger charge is 2.22. The maximum Gasteiger partial charge on any atom is 0.213 e. The second-order valence-corrected chi connectivity index (χ2v) is 8.12. The Morgan fingerprint density at radius 1 is 0.926 bits per heavy atom. The van der Waals surface area contributed by atoms with Crippen LogP contribution in [0.3, 0.4) is 0 Å². The molecule has 0 fully saturated rings. The molecule has 0 N–H and O–H groups in total. The van der Waals surface area contributed by atoms with E-state index in [1.165, 1.54) is 33.5 Å². The predicted octanol–water partition coefficient (Wildman–Crippen LogP) is 6.66. The summed E-state index contributed by atoms with van der Waals surface area (Å²) in [5, 5.41) is 0. The third-order valence-electron chi connectivity index (χ3n) is 5.02. The fourth-order valence-corrected chi connectivity index (χ4v) is 3.43. The molecule has 2 aromatic carbocycles. The first kappa shape index (κ1) is 19.1. The molecule has 0 saturated carbocycles. The number of hydrogen-bond donors (Lipinski definition) is 0. The Hall–Kier alpha value is -2.67. The molecule has 0 radical (unpaired) electrons. The van der Waals surface area contributed by atoms with Crippen LogP contribution in [0.4, 0.5) is 0 Å². The molecular weight excluding hydrogens is 326 g/mol. The van der Waals surface area contributed by atoms with E-state index in [9.17, 15) is 0 Å². The highest BCUT2D eigenvalue weighted by Crippen LogP contribution is 2.31. The summed E-state index contributed by atoms with van der Waals surface area (Å²) < 4.78 is 2.37. The number of rotatable bonds is 5. The van der Waals surface area contributed by atoms with E-state index in [1.807, 2.05) is 6.08 Å². The number of aryl methyl sites for hydroxylation is 1. The molecule has 3 rings (SSSR count). The van der Waals surface area contributed by atoms with Crippen LogP contribution in [0.5, 0.6) is 0 Å². The zero-order valence-electron chi connectivity index (χ0n) is 17.0. The van der Waals surface area contributed by atoms with Gasteiger partial charge in [-0.05, 0) is 33.7 Å². The van der Waals surface area contributed by atoms with Crippen molar-refractivity contribution in [3.8, 4) is 22.4 Å². The van der Waals surface area contributed by atoms with Crippen LogP contribution >= 0.6 is 0 Å². The summed E-state index contributed by atoms with van der Waals surface area (Å²) in [6, 6.07) is 21.9. The molecular formula is C26H30N+. The minimum Gasteiger partial charge on any atom is -0.198 e. The number of nitrogens with zero attached hydrogens (tertiary/aromatic N) is 1. The molecule has 0 saturated heterocycles. The van der Waals surface area contributed by atoms with Gasteiger partial charge in [-0.1, -0.05) is 82.8 Å². The Morgan fingerprint density at radius 2 is 1.67 bits per heavy atom. The second kappa shape index (κ2) is 7.92. The molecule has 0 aliphatic carbocycles. The van der Waals surface area contributed by atoms with Gasteiger partial charge in [0, 0.05) is 18.6 Å². The zero-order valence-corrected chi connectivity index (χ0v) is 17.0. The molecule has 1 heteroatoms. The minimum absolute atomic E-state index is 0.117. The van der Waals surface area contributed by atoms with Gasteiger partial charge in [-0.2, -0.15) is 4.57 Å². The fraction of sp³-hybridized carbons (Fsp3) is 0.269. The first-order valence-electron chi connectivity index (χ1n) is 9.80.